The highest BCUT2D eigenvalue weighted by molar-refractivity contribution is 5.85. The highest BCUT2D eigenvalue weighted by Gasteiger charge is 2.19. The number of terminal acetylenes is 1. The second-order valence-corrected chi connectivity index (χ2v) is 3.53. The van der Waals surface area contributed by atoms with Crippen molar-refractivity contribution in [2.24, 2.45) is 0 Å². The molecule has 84 valence electrons. The van der Waals surface area contributed by atoms with Crippen molar-refractivity contribution in [2.75, 3.05) is 5.32 Å². The second-order valence-electron chi connectivity index (χ2n) is 3.53. The number of aromatic carboxylic acids is 1. The van der Waals surface area contributed by atoms with Gasteiger partial charge in [0, 0.05) is 6.20 Å². The van der Waals surface area contributed by atoms with Crippen LogP contribution in [0.5, 0.6) is 0 Å². The molecule has 0 aliphatic rings. The quantitative estimate of drug-likeness (QED) is 0.748. The Morgan fingerprint density at radius 1 is 1.75 bits per heavy atom. The van der Waals surface area contributed by atoms with Crippen LogP contribution >= 0.6 is 0 Å². The van der Waals surface area contributed by atoms with Gasteiger partial charge in [-0.3, -0.25) is 0 Å². The van der Waals surface area contributed by atoms with Gasteiger partial charge in [0.2, 0.25) is 5.95 Å². The maximum atomic E-state index is 10.7. The van der Waals surface area contributed by atoms with Gasteiger partial charge in [0.05, 0.1) is 5.54 Å². The largest absolute Gasteiger partial charge is 0.477 e. The summed E-state index contributed by atoms with van der Waals surface area (Å²) in [5, 5.41) is 11.7. The second kappa shape index (κ2) is 4.62. The number of nitrogens with zero attached hydrogens (tertiary/aromatic N) is 2. The predicted octanol–water partition coefficient (Wildman–Crippen LogP) is 1.39. The molecule has 0 aromatic carbocycles. The Hall–Kier alpha value is -2.09. The number of nitrogens with one attached hydrogen (secondary N) is 1. The molecule has 0 saturated carbocycles. The van der Waals surface area contributed by atoms with Crippen molar-refractivity contribution in [3.63, 3.8) is 0 Å². The summed E-state index contributed by atoms with van der Waals surface area (Å²) in [7, 11) is 0. The molecule has 2 N–H and O–H groups in total. The molecule has 1 aromatic rings. The molecule has 0 bridgehead atoms. The molecule has 0 saturated heterocycles. The first-order valence-corrected chi connectivity index (χ1v) is 4.83. The number of carboxylic acid groups (broad SMARTS) is 1. The van der Waals surface area contributed by atoms with Gasteiger partial charge in [0.25, 0.3) is 0 Å². The average molecular weight is 219 g/mol. The predicted molar refractivity (Wildman–Crippen MR) is 60.1 cm³/mol. The number of carboxylic acids is 1. The fourth-order valence-corrected chi connectivity index (χ4v) is 1.01. The van der Waals surface area contributed by atoms with Crippen LogP contribution in [0.25, 0.3) is 0 Å². The summed E-state index contributed by atoms with van der Waals surface area (Å²) < 4.78 is 0. The van der Waals surface area contributed by atoms with Crippen LogP contribution in [0.1, 0.15) is 30.8 Å². The van der Waals surface area contributed by atoms with Gasteiger partial charge in [-0.2, -0.15) is 0 Å². The van der Waals surface area contributed by atoms with Crippen LogP contribution in [0, 0.1) is 12.3 Å². The Kier molecular flexibility index (Phi) is 3.46. The molecule has 0 spiro atoms. The smallest absolute Gasteiger partial charge is 0.354 e. The lowest BCUT2D eigenvalue weighted by atomic mass is 10.0. The van der Waals surface area contributed by atoms with Crippen LogP contribution in [0.2, 0.25) is 0 Å². The van der Waals surface area contributed by atoms with E-state index in [-0.39, 0.29) is 11.6 Å². The van der Waals surface area contributed by atoms with Gasteiger partial charge in [0.1, 0.15) is 0 Å². The van der Waals surface area contributed by atoms with E-state index < -0.39 is 11.5 Å². The lowest BCUT2D eigenvalue weighted by Gasteiger charge is -2.23. The van der Waals surface area contributed by atoms with Crippen LogP contribution in [-0.2, 0) is 0 Å². The first-order chi connectivity index (χ1) is 7.50. The summed E-state index contributed by atoms with van der Waals surface area (Å²) in [6, 6.07) is 1.33. The van der Waals surface area contributed by atoms with Gasteiger partial charge in [-0.05, 0) is 19.4 Å². The zero-order valence-electron chi connectivity index (χ0n) is 9.19. The van der Waals surface area contributed by atoms with Gasteiger partial charge in [0.15, 0.2) is 5.69 Å². The molecule has 0 radical (unpaired) electrons. The molecular weight excluding hydrogens is 206 g/mol. The summed E-state index contributed by atoms with van der Waals surface area (Å²) in [5.41, 5.74) is -0.634. The summed E-state index contributed by atoms with van der Waals surface area (Å²) in [6.07, 6.45) is 7.44. The van der Waals surface area contributed by atoms with Crippen LogP contribution in [0.15, 0.2) is 12.3 Å². The first kappa shape index (κ1) is 12.0. The molecule has 16 heavy (non-hydrogen) atoms. The molecule has 0 aliphatic carbocycles. The number of anilines is 1. The van der Waals surface area contributed by atoms with Gasteiger partial charge in [-0.1, -0.05) is 12.8 Å². The lowest BCUT2D eigenvalue weighted by Crippen LogP contribution is -2.33. The Bertz CT molecular complexity index is 439. The molecule has 1 rings (SSSR count). The molecule has 0 fully saturated rings. The Balaban J connectivity index is 2.94. The highest BCUT2D eigenvalue weighted by Crippen LogP contribution is 2.14. The van der Waals surface area contributed by atoms with Crippen LogP contribution < -0.4 is 5.32 Å². The van der Waals surface area contributed by atoms with Crippen molar-refractivity contribution < 1.29 is 9.90 Å². The number of hydrogen-bond donors (Lipinski definition) is 2. The molecule has 1 heterocycles. The molecule has 1 atom stereocenters. The highest BCUT2D eigenvalue weighted by atomic mass is 16.4. The number of rotatable bonds is 4. The van der Waals surface area contributed by atoms with Crippen LogP contribution in [-0.4, -0.2) is 26.6 Å². The molecule has 1 unspecified atom stereocenters. The number of carbonyl (C=O) groups is 1. The Morgan fingerprint density at radius 2 is 2.44 bits per heavy atom. The fraction of sp³-hybridized carbons (Fsp3) is 0.364. The third-order valence-electron chi connectivity index (χ3n) is 2.29. The SMILES string of the molecule is C#CC(C)(CC)Nc1nccc(C(=O)O)n1. The Morgan fingerprint density at radius 3 is 2.94 bits per heavy atom. The van der Waals surface area contributed by atoms with E-state index in [0.717, 1.165) is 0 Å². The number of aromatic nitrogens is 2. The molecule has 5 nitrogen and oxygen atoms in total. The molecule has 0 aliphatic heterocycles. The van der Waals surface area contributed by atoms with Crippen molar-refractivity contribution in [2.45, 2.75) is 25.8 Å². The third-order valence-corrected chi connectivity index (χ3v) is 2.29. The molecule has 5 heteroatoms. The van der Waals surface area contributed by atoms with E-state index >= 15 is 0 Å². The molecule has 1 aromatic heterocycles. The standard InChI is InChI=1S/C11H13N3O2/c1-4-11(3,5-2)14-10-12-7-6-8(13-10)9(15)16/h1,6-7H,5H2,2-3H3,(H,15,16)(H,12,13,14). The van der Waals surface area contributed by atoms with Crippen molar-refractivity contribution in [3.05, 3.63) is 18.0 Å². The number of hydrogen-bond acceptors (Lipinski definition) is 4. The van der Waals surface area contributed by atoms with Crippen molar-refractivity contribution in [3.8, 4) is 12.3 Å². The zero-order valence-corrected chi connectivity index (χ0v) is 9.19. The summed E-state index contributed by atoms with van der Waals surface area (Å²) in [6.45, 7) is 3.75. The van der Waals surface area contributed by atoms with Gasteiger partial charge >= 0.3 is 5.97 Å². The monoisotopic (exact) mass is 219 g/mol. The van der Waals surface area contributed by atoms with Crippen LogP contribution in [0.4, 0.5) is 5.95 Å². The maximum Gasteiger partial charge on any atom is 0.354 e. The minimum absolute atomic E-state index is 0.0621. The minimum atomic E-state index is -1.09. The van der Waals surface area contributed by atoms with Gasteiger partial charge in [-0.25, -0.2) is 14.8 Å². The van der Waals surface area contributed by atoms with E-state index in [1.807, 2.05) is 13.8 Å². The minimum Gasteiger partial charge on any atom is -0.477 e. The van der Waals surface area contributed by atoms with E-state index in [2.05, 4.69) is 21.2 Å². The molecule has 0 amide bonds. The topological polar surface area (TPSA) is 75.1 Å². The summed E-state index contributed by atoms with van der Waals surface area (Å²) in [4.78, 5) is 18.5. The third kappa shape index (κ3) is 2.70. The molecular formula is C11H13N3O2. The van der Waals surface area contributed by atoms with Gasteiger partial charge < -0.3 is 10.4 Å². The van der Waals surface area contributed by atoms with Crippen molar-refractivity contribution >= 4 is 11.9 Å². The van der Waals surface area contributed by atoms with E-state index in [9.17, 15) is 4.79 Å². The van der Waals surface area contributed by atoms with E-state index in [4.69, 9.17) is 11.5 Å². The van der Waals surface area contributed by atoms with E-state index in [0.29, 0.717) is 6.42 Å². The van der Waals surface area contributed by atoms with Crippen LogP contribution in [0.3, 0.4) is 0 Å². The zero-order chi connectivity index (χ0) is 12.2. The summed E-state index contributed by atoms with van der Waals surface area (Å²) >= 11 is 0. The van der Waals surface area contributed by atoms with Gasteiger partial charge in [-0.15, -0.1) is 6.42 Å². The lowest BCUT2D eigenvalue weighted by molar-refractivity contribution is 0.0690. The normalized spacial score (nSPS) is 13.6. The van der Waals surface area contributed by atoms with E-state index in [1.54, 1.807) is 0 Å². The first-order valence-electron chi connectivity index (χ1n) is 4.83. The Labute approximate surface area is 93.9 Å². The van der Waals surface area contributed by atoms with Crippen molar-refractivity contribution in [1.82, 2.24) is 9.97 Å². The van der Waals surface area contributed by atoms with Crippen molar-refractivity contribution in [1.29, 1.82) is 0 Å². The average Bonchev–Trinajstić information content (AvgIpc) is 2.29. The maximum absolute atomic E-state index is 10.7. The fourth-order valence-electron chi connectivity index (χ4n) is 1.01. The summed E-state index contributed by atoms with van der Waals surface area (Å²) in [5.74, 6) is 1.72. The van der Waals surface area contributed by atoms with E-state index in [1.165, 1.54) is 12.3 Å².